The second-order valence-corrected chi connectivity index (χ2v) is 11.9. The van der Waals surface area contributed by atoms with Crippen LogP contribution in [0.2, 0.25) is 0 Å². The van der Waals surface area contributed by atoms with Crippen LogP contribution in [-0.4, -0.2) is 47.5 Å². The Hall–Kier alpha value is -2.92. The third-order valence-electron chi connectivity index (χ3n) is 7.32. The fraction of sp³-hybridized carbons (Fsp3) is 0.462. The molecule has 0 radical (unpaired) electrons. The van der Waals surface area contributed by atoms with Crippen molar-refractivity contribution in [2.24, 2.45) is 17.6 Å². The summed E-state index contributed by atoms with van der Waals surface area (Å²) in [5, 5.41) is 10.4. The second-order valence-electron chi connectivity index (χ2n) is 9.60. The van der Waals surface area contributed by atoms with Crippen LogP contribution in [0.3, 0.4) is 0 Å². The molecule has 1 aliphatic rings. The summed E-state index contributed by atoms with van der Waals surface area (Å²) in [6.45, 7) is 1.24. The van der Waals surface area contributed by atoms with Gasteiger partial charge in [-0.15, -0.1) is 0 Å². The number of imidazole rings is 1. The van der Waals surface area contributed by atoms with Crippen LogP contribution >= 0.6 is 0 Å². The molecule has 3 N–H and O–H groups in total. The molecule has 1 fully saturated rings. The number of halogens is 3. The van der Waals surface area contributed by atoms with Crippen LogP contribution in [0, 0.1) is 11.8 Å². The highest BCUT2D eigenvalue weighted by Crippen LogP contribution is 2.41. The highest BCUT2D eigenvalue weighted by Gasteiger charge is 2.41. The van der Waals surface area contributed by atoms with Gasteiger partial charge < -0.3 is 15.4 Å². The molecule has 3 aromatic rings. The van der Waals surface area contributed by atoms with Gasteiger partial charge in [0.1, 0.15) is 5.82 Å². The van der Waals surface area contributed by atoms with E-state index in [1.807, 2.05) is 4.57 Å². The third kappa shape index (κ3) is 5.67. The van der Waals surface area contributed by atoms with Crippen molar-refractivity contribution in [1.29, 1.82) is 0 Å². The number of amides is 1. The van der Waals surface area contributed by atoms with Gasteiger partial charge in [-0.2, -0.15) is 13.2 Å². The van der Waals surface area contributed by atoms with Gasteiger partial charge in [0.25, 0.3) is 0 Å². The fourth-order valence-corrected chi connectivity index (χ4v) is 6.03. The van der Waals surface area contributed by atoms with Gasteiger partial charge in [0.2, 0.25) is 5.91 Å². The number of hydrogen-bond acceptors (Lipinski definition) is 5. The molecule has 1 saturated carbocycles. The quantitative estimate of drug-likeness (QED) is 0.441. The molecule has 1 aromatic heterocycles. The number of rotatable bonds is 8. The van der Waals surface area contributed by atoms with Gasteiger partial charge in [0.05, 0.1) is 40.2 Å². The molecular formula is C26H30F3N3O4S. The van der Waals surface area contributed by atoms with Gasteiger partial charge in [-0.05, 0) is 67.5 Å². The maximum absolute atomic E-state index is 13.1. The predicted octanol–water partition coefficient (Wildman–Crippen LogP) is 4.42. The van der Waals surface area contributed by atoms with Crippen molar-refractivity contribution in [1.82, 2.24) is 9.55 Å². The molecule has 200 valence electrons. The molecule has 0 spiro atoms. The molecule has 2 aromatic carbocycles. The van der Waals surface area contributed by atoms with Crippen molar-refractivity contribution in [3.05, 3.63) is 59.4 Å². The second kappa shape index (κ2) is 10.4. The van der Waals surface area contributed by atoms with E-state index in [4.69, 9.17) is 10.7 Å². The Bertz CT molecular complexity index is 1380. The number of aliphatic hydroxyl groups excluding tert-OH is 1. The van der Waals surface area contributed by atoms with E-state index in [2.05, 4.69) is 0 Å². The van der Waals surface area contributed by atoms with Crippen LogP contribution in [0.5, 0.6) is 0 Å². The number of carbonyl (C=O) groups is 1. The first-order valence-electron chi connectivity index (χ1n) is 12.3. The molecule has 1 amide bonds. The van der Waals surface area contributed by atoms with Crippen molar-refractivity contribution < 1.29 is 31.5 Å². The molecule has 37 heavy (non-hydrogen) atoms. The Kier molecular flexibility index (Phi) is 7.66. The number of nitrogens with zero attached hydrogens (tertiary/aromatic N) is 2. The van der Waals surface area contributed by atoms with Crippen molar-refractivity contribution in [3.63, 3.8) is 0 Å². The SMILES string of the molecule is CCS(=O)(=O)c1ccc([C@H](CO)n2c(CC3CCC(C(F)(F)F)CC3)nc3cc(C(N)=O)ccc32)cc1. The van der Waals surface area contributed by atoms with Crippen LogP contribution in [0.15, 0.2) is 47.4 Å². The number of aliphatic hydroxyl groups is 1. The fourth-order valence-electron chi connectivity index (χ4n) is 5.15. The minimum atomic E-state index is -4.19. The zero-order valence-electron chi connectivity index (χ0n) is 20.4. The molecule has 7 nitrogen and oxygen atoms in total. The minimum absolute atomic E-state index is 0.0128. The number of alkyl halides is 3. The van der Waals surface area contributed by atoms with Crippen molar-refractivity contribution in [2.45, 2.75) is 56.1 Å². The maximum atomic E-state index is 13.1. The Labute approximate surface area is 213 Å². The molecule has 0 unspecified atom stereocenters. The molecule has 4 rings (SSSR count). The van der Waals surface area contributed by atoms with E-state index in [-0.39, 0.29) is 41.6 Å². The predicted molar refractivity (Wildman–Crippen MR) is 133 cm³/mol. The van der Waals surface area contributed by atoms with Gasteiger partial charge in [-0.25, -0.2) is 13.4 Å². The van der Waals surface area contributed by atoms with Gasteiger partial charge in [0, 0.05) is 12.0 Å². The summed E-state index contributed by atoms with van der Waals surface area (Å²) in [6.07, 6.45) is -2.83. The standard InChI is InChI=1S/C26H30F3N3O4S/c1-2-37(35,36)20-10-5-17(6-11-20)23(15-33)32-22-12-7-18(25(30)34)14-21(22)31-24(32)13-16-3-8-19(9-4-16)26(27,28)29/h5-7,10-12,14,16,19,23,33H,2-4,8-9,13,15H2,1H3,(H2,30,34)/t16?,19?,23-/m0/s1. The summed E-state index contributed by atoms with van der Waals surface area (Å²) < 4.78 is 65.7. The van der Waals surface area contributed by atoms with Crippen LogP contribution in [0.25, 0.3) is 11.0 Å². The lowest BCUT2D eigenvalue weighted by molar-refractivity contribution is -0.183. The Morgan fingerprint density at radius 2 is 1.78 bits per heavy atom. The Morgan fingerprint density at radius 3 is 2.32 bits per heavy atom. The van der Waals surface area contributed by atoms with Crippen LogP contribution < -0.4 is 5.73 Å². The maximum Gasteiger partial charge on any atom is 0.391 e. The first-order chi connectivity index (χ1) is 17.4. The number of benzene rings is 2. The first kappa shape index (κ1) is 27.1. The molecule has 0 bridgehead atoms. The summed E-state index contributed by atoms with van der Waals surface area (Å²) in [7, 11) is -3.40. The average Bonchev–Trinajstić information content (AvgIpc) is 3.21. The lowest BCUT2D eigenvalue weighted by atomic mass is 9.80. The molecule has 0 aliphatic heterocycles. The van der Waals surface area contributed by atoms with E-state index >= 15 is 0 Å². The highest BCUT2D eigenvalue weighted by atomic mass is 32.2. The third-order valence-corrected chi connectivity index (χ3v) is 9.07. The zero-order valence-corrected chi connectivity index (χ0v) is 21.2. The van der Waals surface area contributed by atoms with E-state index in [1.165, 1.54) is 12.1 Å². The normalized spacial score (nSPS) is 19.7. The lowest BCUT2D eigenvalue weighted by Crippen LogP contribution is -2.29. The summed E-state index contributed by atoms with van der Waals surface area (Å²) in [4.78, 5) is 16.6. The number of aromatic nitrogens is 2. The van der Waals surface area contributed by atoms with Crippen LogP contribution in [0.1, 0.15) is 60.4 Å². The summed E-state index contributed by atoms with van der Waals surface area (Å²) in [5.41, 5.74) is 7.47. The lowest BCUT2D eigenvalue weighted by Gasteiger charge is -2.30. The van der Waals surface area contributed by atoms with Crippen molar-refractivity contribution in [3.8, 4) is 0 Å². The van der Waals surface area contributed by atoms with E-state index in [0.717, 1.165) is 0 Å². The highest BCUT2D eigenvalue weighted by molar-refractivity contribution is 7.91. The van der Waals surface area contributed by atoms with E-state index in [1.54, 1.807) is 37.3 Å². The number of carbonyl (C=O) groups excluding carboxylic acids is 1. The van der Waals surface area contributed by atoms with Crippen LogP contribution in [-0.2, 0) is 16.3 Å². The zero-order chi connectivity index (χ0) is 27.0. The number of nitrogens with two attached hydrogens (primary N) is 1. The topological polar surface area (TPSA) is 115 Å². The van der Waals surface area contributed by atoms with Gasteiger partial charge in [-0.3, -0.25) is 4.79 Å². The summed E-state index contributed by atoms with van der Waals surface area (Å²) >= 11 is 0. The van der Waals surface area contributed by atoms with Crippen molar-refractivity contribution >= 4 is 26.8 Å². The monoisotopic (exact) mass is 537 g/mol. The molecule has 0 saturated heterocycles. The molecule has 11 heteroatoms. The van der Waals surface area contributed by atoms with E-state index < -0.39 is 33.9 Å². The smallest absolute Gasteiger partial charge is 0.391 e. The van der Waals surface area contributed by atoms with E-state index in [9.17, 15) is 31.5 Å². The number of primary amides is 1. The summed E-state index contributed by atoms with van der Waals surface area (Å²) in [6, 6.07) is 10.5. The number of fused-ring (bicyclic) bond motifs is 1. The van der Waals surface area contributed by atoms with Gasteiger partial charge in [0.15, 0.2) is 9.84 Å². The largest absolute Gasteiger partial charge is 0.394 e. The average molecular weight is 538 g/mol. The molecular weight excluding hydrogens is 507 g/mol. The summed E-state index contributed by atoms with van der Waals surface area (Å²) in [5.74, 6) is -1.37. The molecule has 1 aliphatic carbocycles. The number of sulfone groups is 1. The molecule has 1 heterocycles. The minimum Gasteiger partial charge on any atom is -0.394 e. The van der Waals surface area contributed by atoms with E-state index in [0.29, 0.717) is 41.7 Å². The first-order valence-corrected chi connectivity index (χ1v) is 13.9. The van der Waals surface area contributed by atoms with Gasteiger partial charge >= 0.3 is 6.18 Å². The van der Waals surface area contributed by atoms with Gasteiger partial charge in [-0.1, -0.05) is 19.1 Å². The van der Waals surface area contributed by atoms with Crippen LogP contribution in [0.4, 0.5) is 13.2 Å². The Balaban J connectivity index is 1.72. The molecule has 1 atom stereocenters. The number of hydrogen-bond donors (Lipinski definition) is 2. The van der Waals surface area contributed by atoms with Crippen molar-refractivity contribution in [2.75, 3.05) is 12.4 Å². The Morgan fingerprint density at radius 1 is 1.14 bits per heavy atom.